The zero-order chi connectivity index (χ0) is 22.7. The molecule has 1 heterocycles. The van der Waals surface area contributed by atoms with Crippen molar-refractivity contribution in [1.82, 2.24) is 0 Å². The molecule has 4 aromatic rings. The summed E-state index contributed by atoms with van der Waals surface area (Å²) in [7, 11) is 4.54. The van der Waals surface area contributed by atoms with Crippen LogP contribution in [-0.4, -0.2) is 26.4 Å². The van der Waals surface area contributed by atoms with E-state index in [1.54, 1.807) is 13.2 Å². The zero-order valence-electron chi connectivity index (χ0n) is 17.9. The second-order valence-electron chi connectivity index (χ2n) is 7.01. The largest absolute Gasteiger partial charge is 0.507 e. The zero-order valence-corrected chi connectivity index (χ0v) is 17.9. The predicted octanol–water partition coefficient (Wildman–Crippen LogP) is 5.37. The first-order valence-electron chi connectivity index (χ1n) is 9.88. The Hall–Kier alpha value is -4.19. The Morgan fingerprint density at radius 1 is 0.719 bits per heavy atom. The standard InChI is InChI=1S/C26H22O6/c1-29-18-11-9-17(10-12-18)23-20(16-7-5-4-6-8-16)15-32-26(28)25(23)24-21(27)13-19(30-2)14-22(24)31-3/h4-15,27H,1-3H3. The summed E-state index contributed by atoms with van der Waals surface area (Å²) in [6.45, 7) is 0. The Bertz CT molecular complexity index is 1290. The lowest BCUT2D eigenvalue weighted by atomic mass is 9.89. The van der Waals surface area contributed by atoms with E-state index in [0.717, 1.165) is 11.1 Å². The Morgan fingerprint density at radius 3 is 2.03 bits per heavy atom. The molecule has 0 saturated carbocycles. The lowest BCUT2D eigenvalue weighted by Crippen LogP contribution is -2.08. The molecule has 162 valence electrons. The maximum atomic E-state index is 13.1. The molecule has 6 nitrogen and oxygen atoms in total. The molecule has 0 aliphatic rings. The summed E-state index contributed by atoms with van der Waals surface area (Å²) in [5, 5.41) is 10.9. The number of ether oxygens (including phenoxy) is 3. The van der Waals surface area contributed by atoms with Gasteiger partial charge in [-0.05, 0) is 23.3 Å². The molecular formula is C26H22O6. The van der Waals surface area contributed by atoms with Gasteiger partial charge in [-0.15, -0.1) is 0 Å². The lowest BCUT2D eigenvalue weighted by molar-refractivity contribution is 0.386. The van der Waals surface area contributed by atoms with Crippen LogP contribution in [0.2, 0.25) is 0 Å². The molecule has 0 bridgehead atoms. The van der Waals surface area contributed by atoms with Gasteiger partial charge in [-0.25, -0.2) is 4.79 Å². The van der Waals surface area contributed by atoms with E-state index >= 15 is 0 Å². The fourth-order valence-electron chi connectivity index (χ4n) is 3.69. The SMILES string of the molecule is COc1ccc(-c2c(-c3ccccc3)coc(=O)c2-c2c(O)cc(OC)cc2OC)cc1. The van der Waals surface area contributed by atoms with Crippen LogP contribution >= 0.6 is 0 Å². The highest BCUT2D eigenvalue weighted by Gasteiger charge is 2.25. The summed E-state index contributed by atoms with van der Waals surface area (Å²) in [6.07, 6.45) is 1.44. The molecule has 0 aliphatic heterocycles. The average Bonchev–Trinajstić information content (AvgIpc) is 2.84. The smallest absolute Gasteiger partial charge is 0.344 e. The van der Waals surface area contributed by atoms with Crippen LogP contribution in [0.15, 0.2) is 82.2 Å². The molecule has 1 aromatic heterocycles. The van der Waals surface area contributed by atoms with E-state index in [2.05, 4.69) is 0 Å². The van der Waals surface area contributed by atoms with Crippen molar-refractivity contribution in [2.24, 2.45) is 0 Å². The van der Waals surface area contributed by atoms with Crippen LogP contribution in [-0.2, 0) is 0 Å². The van der Waals surface area contributed by atoms with Crippen LogP contribution < -0.4 is 19.8 Å². The van der Waals surface area contributed by atoms with Crippen molar-refractivity contribution in [2.45, 2.75) is 0 Å². The normalized spacial score (nSPS) is 10.6. The predicted molar refractivity (Wildman–Crippen MR) is 123 cm³/mol. The summed E-state index contributed by atoms with van der Waals surface area (Å²) in [4.78, 5) is 13.1. The van der Waals surface area contributed by atoms with Gasteiger partial charge in [-0.3, -0.25) is 0 Å². The van der Waals surface area contributed by atoms with Gasteiger partial charge >= 0.3 is 5.63 Å². The summed E-state index contributed by atoms with van der Waals surface area (Å²) in [5.41, 5.74) is 2.73. The minimum Gasteiger partial charge on any atom is -0.507 e. The third-order valence-corrected chi connectivity index (χ3v) is 5.23. The molecule has 0 atom stereocenters. The number of phenols is 1. The highest BCUT2D eigenvalue weighted by Crippen LogP contribution is 2.46. The van der Waals surface area contributed by atoms with Gasteiger partial charge < -0.3 is 23.7 Å². The average molecular weight is 430 g/mol. The fraction of sp³-hybridized carbons (Fsp3) is 0.115. The van der Waals surface area contributed by atoms with E-state index in [4.69, 9.17) is 18.6 Å². The van der Waals surface area contributed by atoms with Crippen LogP contribution in [0.3, 0.4) is 0 Å². The first kappa shape index (κ1) is 21.1. The highest BCUT2D eigenvalue weighted by molar-refractivity contribution is 5.96. The lowest BCUT2D eigenvalue weighted by Gasteiger charge is -2.18. The fourth-order valence-corrected chi connectivity index (χ4v) is 3.69. The van der Waals surface area contributed by atoms with Crippen molar-refractivity contribution in [3.8, 4) is 56.4 Å². The van der Waals surface area contributed by atoms with Gasteiger partial charge in [0.25, 0.3) is 0 Å². The summed E-state index contributed by atoms with van der Waals surface area (Å²) in [5.74, 6) is 1.21. The molecule has 1 N–H and O–H groups in total. The maximum Gasteiger partial charge on any atom is 0.344 e. The molecule has 6 heteroatoms. The minimum atomic E-state index is -0.603. The number of rotatable bonds is 6. The van der Waals surface area contributed by atoms with Crippen molar-refractivity contribution < 1.29 is 23.7 Å². The molecule has 3 aromatic carbocycles. The molecule has 32 heavy (non-hydrogen) atoms. The van der Waals surface area contributed by atoms with Gasteiger partial charge in [-0.2, -0.15) is 0 Å². The van der Waals surface area contributed by atoms with Gasteiger partial charge in [0.05, 0.1) is 32.5 Å². The molecule has 0 amide bonds. The van der Waals surface area contributed by atoms with Crippen molar-refractivity contribution in [3.63, 3.8) is 0 Å². The molecule has 0 spiro atoms. The van der Waals surface area contributed by atoms with Crippen molar-refractivity contribution in [1.29, 1.82) is 0 Å². The van der Waals surface area contributed by atoms with Crippen LogP contribution in [0.1, 0.15) is 0 Å². The number of phenolic OH excluding ortho intramolecular Hbond substituents is 1. The van der Waals surface area contributed by atoms with Crippen LogP contribution in [0.4, 0.5) is 0 Å². The number of methoxy groups -OCH3 is 3. The van der Waals surface area contributed by atoms with Crippen LogP contribution in [0, 0.1) is 0 Å². The van der Waals surface area contributed by atoms with E-state index < -0.39 is 5.63 Å². The first-order chi connectivity index (χ1) is 15.6. The summed E-state index contributed by atoms with van der Waals surface area (Å²) < 4.78 is 21.5. The number of aromatic hydroxyl groups is 1. The van der Waals surface area contributed by atoms with Crippen LogP contribution in [0.25, 0.3) is 33.4 Å². The quantitative estimate of drug-likeness (QED) is 0.443. The van der Waals surface area contributed by atoms with E-state index in [1.165, 1.54) is 26.5 Å². The second kappa shape index (κ2) is 8.89. The van der Waals surface area contributed by atoms with Gasteiger partial charge in [0.2, 0.25) is 0 Å². The number of hydrogen-bond donors (Lipinski definition) is 1. The van der Waals surface area contributed by atoms with E-state index in [1.807, 2.05) is 54.6 Å². The van der Waals surface area contributed by atoms with E-state index in [-0.39, 0.29) is 22.6 Å². The minimum absolute atomic E-state index is 0.159. The Morgan fingerprint density at radius 2 is 1.41 bits per heavy atom. The maximum absolute atomic E-state index is 13.1. The van der Waals surface area contributed by atoms with Crippen molar-refractivity contribution >= 4 is 0 Å². The van der Waals surface area contributed by atoms with Gasteiger partial charge in [0.1, 0.15) is 29.3 Å². The Kier molecular flexibility index (Phi) is 5.85. The van der Waals surface area contributed by atoms with Gasteiger partial charge in [-0.1, -0.05) is 42.5 Å². The summed E-state index contributed by atoms with van der Waals surface area (Å²) >= 11 is 0. The molecule has 0 aliphatic carbocycles. The molecule has 0 radical (unpaired) electrons. The number of benzene rings is 3. The summed E-state index contributed by atoms with van der Waals surface area (Å²) in [6, 6.07) is 20.0. The first-order valence-corrected chi connectivity index (χ1v) is 9.88. The molecule has 4 rings (SSSR count). The van der Waals surface area contributed by atoms with Crippen molar-refractivity contribution in [3.05, 3.63) is 83.4 Å². The van der Waals surface area contributed by atoms with Gasteiger partial charge in [0.15, 0.2) is 0 Å². The Balaban J connectivity index is 2.11. The highest BCUT2D eigenvalue weighted by atomic mass is 16.5. The molecule has 0 unspecified atom stereocenters. The third-order valence-electron chi connectivity index (χ3n) is 5.23. The third kappa shape index (κ3) is 3.78. The van der Waals surface area contributed by atoms with E-state index in [9.17, 15) is 9.90 Å². The molecule has 0 fully saturated rings. The second-order valence-corrected chi connectivity index (χ2v) is 7.01. The van der Waals surface area contributed by atoms with Crippen LogP contribution in [0.5, 0.6) is 23.0 Å². The molecule has 0 saturated heterocycles. The monoisotopic (exact) mass is 430 g/mol. The number of hydrogen-bond acceptors (Lipinski definition) is 6. The van der Waals surface area contributed by atoms with E-state index in [0.29, 0.717) is 22.6 Å². The molecular weight excluding hydrogens is 408 g/mol. The van der Waals surface area contributed by atoms with Crippen molar-refractivity contribution in [2.75, 3.05) is 21.3 Å². The Labute approximate surface area is 185 Å². The topological polar surface area (TPSA) is 78.1 Å². The van der Waals surface area contributed by atoms with Gasteiger partial charge in [0, 0.05) is 23.3 Å².